The van der Waals surface area contributed by atoms with Gasteiger partial charge in [0.2, 0.25) is 0 Å². The lowest BCUT2D eigenvalue weighted by Gasteiger charge is -2.31. The van der Waals surface area contributed by atoms with Gasteiger partial charge in [-0.15, -0.1) is 0 Å². The van der Waals surface area contributed by atoms with Crippen LogP contribution in [0.3, 0.4) is 0 Å². The van der Waals surface area contributed by atoms with E-state index in [-0.39, 0.29) is 5.97 Å². The smallest absolute Gasteiger partial charge is 0.326 e. The minimum atomic E-state index is -0.769. The Hall–Kier alpha value is -0.260. The molecule has 0 radical (unpaired) electrons. The van der Waals surface area contributed by atoms with Crippen LogP contribution in [0.5, 0.6) is 0 Å². The van der Waals surface area contributed by atoms with Crippen molar-refractivity contribution in [2.45, 2.75) is 23.6 Å². The molecule has 15 heavy (non-hydrogen) atoms. The van der Waals surface area contributed by atoms with Crippen LogP contribution in [0.15, 0.2) is 0 Å². The van der Waals surface area contributed by atoms with Crippen molar-refractivity contribution in [2.75, 3.05) is 26.1 Å². The first-order chi connectivity index (χ1) is 7.16. The highest BCUT2D eigenvalue weighted by Crippen LogP contribution is 2.41. The summed E-state index contributed by atoms with van der Waals surface area (Å²) in [6.07, 6.45) is 2.10. The molecule has 0 spiro atoms. The number of thioether (sulfide) groups is 1. The van der Waals surface area contributed by atoms with Crippen LogP contribution in [0.4, 0.5) is 0 Å². The van der Waals surface area contributed by atoms with E-state index >= 15 is 0 Å². The molecule has 2 rings (SSSR count). The molecule has 0 aromatic rings. The van der Waals surface area contributed by atoms with E-state index in [9.17, 15) is 4.79 Å². The first-order valence-electron chi connectivity index (χ1n) is 5.23. The number of hydrogen-bond acceptors (Lipinski definition) is 5. The number of ether oxygens (including phenoxy) is 2. The van der Waals surface area contributed by atoms with Crippen molar-refractivity contribution in [3.8, 4) is 0 Å². The molecular weight excluding hydrogens is 214 g/mol. The number of carbonyl (C=O) groups is 1. The molecule has 1 unspecified atom stereocenters. The van der Waals surface area contributed by atoms with E-state index in [2.05, 4.69) is 0 Å². The van der Waals surface area contributed by atoms with E-state index in [1.54, 1.807) is 11.8 Å². The number of carbonyl (C=O) groups excluding carboxylic acids is 1. The maximum atomic E-state index is 11.6. The normalized spacial score (nSPS) is 25.5. The van der Waals surface area contributed by atoms with Gasteiger partial charge in [-0.3, -0.25) is 4.79 Å². The Kier molecular flexibility index (Phi) is 3.23. The molecule has 0 amide bonds. The molecular formula is C10H17NO3S. The average molecular weight is 231 g/mol. The Morgan fingerprint density at radius 1 is 1.60 bits per heavy atom. The number of hydrogen-bond donors (Lipinski definition) is 1. The predicted octanol–water partition coefficient (Wildman–Crippen LogP) is 0.399. The van der Waals surface area contributed by atoms with Crippen LogP contribution in [0.25, 0.3) is 0 Å². The summed E-state index contributed by atoms with van der Waals surface area (Å²) < 4.78 is 9.88. The Balaban J connectivity index is 1.89. The third-order valence-electron chi connectivity index (χ3n) is 3.04. The number of nitrogens with two attached hydrogens (primary N) is 1. The maximum absolute atomic E-state index is 11.6. The topological polar surface area (TPSA) is 61.5 Å². The standard InChI is InChI=1S/C10H17NO3S/c1-13-9(12)10(11,7-2-3-7)6-15-8-4-14-5-8/h7-8H,2-6,11H2,1H3. The van der Waals surface area contributed by atoms with Gasteiger partial charge in [-0.2, -0.15) is 11.8 Å². The fourth-order valence-electron chi connectivity index (χ4n) is 1.70. The highest BCUT2D eigenvalue weighted by Gasteiger charge is 2.49. The molecule has 1 atom stereocenters. The van der Waals surface area contributed by atoms with Gasteiger partial charge >= 0.3 is 5.97 Å². The summed E-state index contributed by atoms with van der Waals surface area (Å²) in [5, 5.41) is 0.510. The van der Waals surface area contributed by atoms with E-state index < -0.39 is 5.54 Å². The highest BCUT2D eigenvalue weighted by molar-refractivity contribution is 8.00. The summed E-state index contributed by atoms with van der Waals surface area (Å²) in [6, 6.07) is 0. The van der Waals surface area contributed by atoms with Gasteiger partial charge in [-0.1, -0.05) is 0 Å². The van der Waals surface area contributed by atoms with Gasteiger partial charge in [0, 0.05) is 5.75 Å². The minimum Gasteiger partial charge on any atom is -0.468 e. The Morgan fingerprint density at radius 3 is 2.67 bits per heavy atom. The van der Waals surface area contributed by atoms with Gasteiger partial charge in [-0.05, 0) is 18.8 Å². The maximum Gasteiger partial charge on any atom is 0.326 e. The van der Waals surface area contributed by atoms with Crippen LogP contribution in [0, 0.1) is 5.92 Å². The summed E-state index contributed by atoms with van der Waals surface area (Å²) in [5.74, 6) is 0.703. The summed E-state index contributed by atoms with van der Waals surface area (Å²) in [6.45, 7) is 1.57. The third kappa shape index (κ3) is 2.29. The van der Waals surface area contributed by atoms with Gasteiger partial charge in [0.1, 0.15) is 5.54 Å². The van der Waals surface area contributed by atoms with Crippen molar-refractivity contribution in [3.05, 3.63) is 0 Å². The molecule has 1 saturated carbocycles. The van der Waals surface area contributed by atoms with Crippen LogP contribution in [0.2, 0.25) is 0 Å². The van der Waals surface area contributed by atoms with Crippen molar-refractivity contribution in [1.29, 1.82) is 0 Å². The predicted molar refractivity (Wildman–Crippen MR) is 58.7 cm³/mol. The van der Waals surface area contributed by atoms with E-state index in [0.29, 0.717) is 16.9 Å². The van der Waals surface area contributed by atoms with Gasteiger partial charge in [0.05, 0.1) is 25.6 Å². The molecule has 2 fully saturated rings. The Morgan fingerprint density at radius 2 is 2.27 bits per heavy atom. The van der Waals surface area contributed by atoms with E-state index in [4.69, 9.17) is 15.2 Å². The number of rotatable bonds is 5. The molecule has 1 aliphatic carbocycles. The second-order valence-corrected chi connectivity index (χ2v) is 5.57. The van der Waals surface area contributed by atoms with Gasteiger partial charge in [0.25, 0.3) is 0 Å². The number of esters is 1. The Bertz CT molecular complexity index is 253. The zero-order valence-corrected chi connectivity index (χ0v) is 9.72. The molecule has 0 aromatic heterocycles. The molecule has 1 aliphatic heterocycles. The van der Waals surface area contributed by atoms with Crippen molar-refractivity contribution in [1.82, 2.24) is 0 Å². The van der Waals surface area contributed by atoms with Crippen LogP contribution in [-0.4, -0.2) is 42.8 Å². The molecule has 2 aliphatic rings. The van der Waals surface area contributed by atoms with Gasteiger partial charge in [-0.25, -0.2) is 0 Å². The van der Waals surface area contributed by atoms with Gasteiger partial charge < -0.3 is 15.2 Å². The fourth-order valence-corrected chi connectivity index (χ4v) is 2.95. The third-order valence-corrected chi connectivity index (χ3v) is 4.42. The monoisotopic (exact) mass is 231 g/mol. The molecule has 0 bridgehead atoms. The van der Waals surface area contributed by atoms with Crippen molar-refractivity contribution in [2.24, 2.45) is 11.7 Å². The molecule has 86 valence electrons. The summed E-state index contributed by atoms with van der Waals surface area (Å²) in [7, 11) is 1.41. The first-order valence-corrected chi connectivity index (χ1v) is 6.28. The second-order valence-electron chi connectivity index (χ2n) is 4.28. The average Bonchev–Trinajstić information content (AvgIpc) is 2.97. The lowest BCUT2D eigenvalue weighted by Crippen LogP contribution is -2.54. The fraction of sp³-hybridized carbons (Fsp3) is 0.900. The van der Waals surface area contributed by atoms with Crippen LogP contribution < -0.4 is 5.73 Å². The van der Waals surface area contributed by atoms with Crippen LogP contribution >= 0.6 is 11.8 Å². The minimum absolute atomic E-state index is 0.266. The molecule has 1 saturated heterocycles. The molecule has 5 heteroatoms. The SMILES string of the molecule is COC(=O)C(N)(CSC1COC1)C1CC1. The Labute approximate surface area is 93.9 Å². The summed E-state index contributed by atoms with van der Waals surface area (Å²) in [5.41, 5.74) is 5.38. The second kappa shape index (κ2) is 4.31. The highest BCUT2D eigenvalue weighted by atomic mass is 32.2. The first kappa shape index (κ1) is 11.2. The van der Waals surface area contributed by atoms with Gasteiger partial charge in [0.15, 0.2) is 0 Å². The lowest BCUT2D eigenvalue weighted by molar-refractivity contribution is -0.146. The molecule has 2 N–H and O–H groups in total. The summed E-state index contributed by atoms with van der Waals surface area (Å²) >= 11 is 1.73. The number of methoxy groups -OCH3 is 1. The van der Waals surface area contributed by atoms with Crippen molar-refractivity contribution in [3.63, 3.8) is 0 Å². The van der Waals surface area contributed by atoms with Crippen molar-refractivity contribution >= 4 is 17.7 Å². The molecule has 4 nitrogen and oxygen atoms in total. The molecule has 0 aromatic carbocycles. The molecule has 1 heterocycles. The van der Waals surface area contributed by atoms with E-state index in [1.807, 2.05) is 0 Å². The van der Waals surface area contributed by atoms with E-state index in [1.165, 1.54) is 7.11 Å². The largest absolute Gasteiger partial charge is 0.468 e. The quantitative estimate of drug-likeness (QED) is 0.694. The zero-order valence-electron chi connectivity index (χ0n) is 8.90. The zero-order chi connectivity index (χ0) is 10.9. The summed E-state index contributed by atoms with van der Waals surface area (Å²) in [4.78, 5) is 11.6. The van der Waals surface area contributed by atoms with Crippen molar-refractivity contribution < 1.29 is 14.3 Å². The van der Waals surface area contributed by atoms with Crippen LogP contribution in [0.1, 0.15) is 12.8 Å². The van der Waals surface area contributed by atoms with Crippen LogP contribution in [-0.2, 0) is 14.3 Å². The van der Waals surface area contributed by atoms with E-state index in [0.717, 1.165) is 26.1 Å². The lowest BCUT2D eigenvalue weighted by atomic mass is 9.97.